The molecule has 1 fully saturated rings. The molecule has 0 aromatic heterocycles. The average molecular weight is 312 g/mol. The van der Waals surface area contributed by atoms with Gasteiger partial charge < -0.3 is 16.0 Å². The Morgan fingerprint density at radius 1 is 1.56 bits per heavy atom. The second-order valence-corrected chi connectivity index (χ2v) is 5.56. The van der Waals surface area contributed by atoms with E-state index >= 15 is 0 Å². The quantitative estimate of drug-likeness (QED) is 0.868. The first-order valence-corrected chi connectivity index (χ1v) is 6.86. The van der Waals surface area contributed by atoms with Crippen molar-refractivity contribution in [3.05, 3.63) is 28.2 Å². The van der Waals surface area contributed by atoms with Crippen molar-refractivity contribution in [2.75, 3.05) is 18.0 Å². The lowest BCUT2D eigenvalue weighted by atomic mass is 10.1. The summed E-state index contributed by atoms with van der Waals surface area (Å²) in [6.07, 6.45) is 0. The van der Waals surface area contributed by atoms with Crippen LogP contribution in [-0.2, 0) is 4.79 Å². The number of nitrogens with two attached hydrogens (primary N) is 1. The number of amides is 1. The Kier molecular flexibility index (Phi) is 3.92. The van der Waals surface area contributed by atoms with Gasteiger partial charge in [-0.05, 0) is 47.5 Å². The number of nitrogens with zero attached hydrogens (tertiary/aromatic N) is 1. The number of carbonyl (C=O) groups excluding carboxylic acids is 1. The molecular formula is C13H18BrN3O. The fourth-order valence-electron chi connectivity index (χ4n) is 2.35. The van der Waals surface area contributed by atoms with E-state index in [2.05, 4.69) is 39.1 Å². The van der Waals surface area contributed by atoms with E-state index in [1.54, 1.807) is 0 Å². The number of halogens is 1. The summed E-state index contributed by atoms with van der Waals surface area (Å²) in [6.45, 7) is 5.10. The maximum atomic E-state index is 11.9. The third-order valence-corrected chi connectivity index (χ3v) is 3.92. The van der Waals surface area contributed by atoms with Crippen LogP contribution in [0.25, 0.3) is 0 Å². The van der Waals surface area contributed by atoms with Crippen LogP contribution in [0.2, 0.25) is 0 Å². The van der Waals surface area contributed by atoms with Gasteiger partial charge in [0.05, 0.1) is 5.69 Å². The predicted molar refractivity (Wildman–Crippen MR) is 76.7 cm³/mol. The highest BCUT2D eigenvalue weighted by atomic mass is 79.9. The third-order valence-electron chi connectivity index (χ3n) is 3.29. The van der Waals surface area contributed by atoms with Crippen LogP contribution in [0.1, 0.15) is 12.5 Å². The fourth-order valence-corrected chi connectivity index (χ4v) is 3.04. The van der Waals surface area contributed by atoms with Gasteiger partial charge in [-0.3, -0.25) is 4.79 Å². The van der Waals surface area contributed by atoms with Gasteiger partial charge >= 0.3 is 0 Å². The van der Waals surface area contributed by atoms with Crippen molar-refractivity contribution in [1.82, 2.24) is 5.32 Å². The van der Waals surface area contributed by atoms with Crippen molar-refractivity contribution >= 4 is 27.5 Å². The van der Waals surface area contributed by atoms with Gasteiger partial charge in [0.2, 0.25) is 5.91 Å². The monoisotopic (exact) mass is 311 g/mol. The van der Waals surface area contributed by atoms with Crippen LogP contribution in [0, 0.1) is 6.92 Å². The molecule has 1 aliphatic heterocycles. The average Bonchev–Trinajstić information content (AvgIpc) is 2.33. The molecule has 1 aliphatic rings. The standard InChI is InChI=1S/C13H18BrN3O/c1-8-3-4-11(10(14)5-8)17-9(2)7-16-13(18)12(17)6-15/h3-5,9,12H,6-7,15H2,1-2H3,(H,16,18). The Bertz CT molecular complexity index is 464. The van der Waals surface area contributed by atoms with Crippen molar-refractivity contribution in [2.24, 2.45) is 5.73 Å². The minimum Gasteiger partial charge on any atom is -0.353 e. The Morgan fingerprint density at radius 3 is 2.89 bits per heavy atom. The van der Waals surface area contributed by atoms with E-state index in [0.29, 0.717) is 13.1 Å². The molecule has 2 rings (SSSR count). The topological polar surface area (TPSA) is 58.4 Å². The molecule has 1 amide bonds. The van der Waals surface area contributed by atoms with Gasteiger partial charge in [0.25, 0.3) is 0 Å². The second-order valence-electron chi connectivity index (χ2n) is 4.71. The number of carbonyl (C=O) groups is 1. The van der Waals surface area contributed by atoms with Crippen LogP contribution in [-0.4, -0.2) is 31.1 Å². The summed E-state index contributed by atoms with van der Waals surface area (Å²) in [4.78, 5) is 14.0. The number of nitrogens with one attached hydrogen (secondary N) is 1. The van der Waals surface area contributed by atoms with Crippen molar-refractivity contribution in [3.8, 4) is 0 Å². The molecule has 98 valence electrons. The molecule has 0 radical (unpaired) electrons. The minimum atomic E-state index is -0.298. The minimum absolute atomic E-state index is 0.00285. The molecule has 2 unspecified atom stereocenters. The molecule has 1 saturated heterocycles. The van der Waals surface area contributed by atoms with Crippen LogP contribution in [0.15, 0.2) is 22.7 Å². The summed E-state index contributed by atoms with van der Waals surface area (Å²) >= 11 is 3.57. The zero-order chi connectivity index (χ0) is 13.3. The summed E-state index contributed by atoms with van der Waals surface area (Å²) in [6, 6.07) is 6.08. The van der Waals surface area contributed by atoms with Gasteiger partial charge in [0, 0.05) is 23.6 Å². The van der Waals surface area contributed by atoms with Crippen molar-refractivity contribution in [1.29, 1.82) is 0 Å². The van der Waals surface area contributed by atoms with Gasteiger partial charge in [-0.2, -0.15) is 0 Å². The van der Waals surface area contributed by atoms with E-state index in [-0.39, 0.29) is 18.0 Å². The van der Waals surface area contributed by atoms with E-state index in [1.807, 2.05) is 19.1 Å². The molecule has 1 heterocycles. The van der Waals surface area contributed by atoms with Gasteiger partial charge in [0.1, 0.15) is 6.04 Å². The lowest BCUT2D eigenvalue weighted by Gasteiger charge is -2.41. The molecule has 1 aromatic rings. The maximum Gasteiger partial charge on any atom is 0.244 e. The largest absolute Gasteiger partial charge is 0.353 e. The predicted octanol–water partition coefficient (Wildman–Crippen LogP) is 1.41. The number of hydrogen-bond donors (Lipinski definition) is 2. The summed E-state index contributed by atoms with van der Waals surface area (Å²) < 4.78 is 1.00. The van der Waals surface area contributed by atoms with Crippen molar-refractivity contribution in [3.63, 3.8) is 0 Å². The lowest BCUT2D eigenvalue weighted by molar-refractivity contribution is -0.123. The number of piperazine rings is 1. The highest BCUT2D eigenvalue weighted by molar-refractivity contribution is 9.10. The number of hydrogen-bond acceptors (Lipinski definition) is 3. The zero-order valence-corrected chi connectivity index (χ0v) is 12.2. The van der Waals surface area contributed by atoms with Crippen LogP contribution >= 0.6 is 15.9 Å². The van der Waals surface area contributed by atoms with E-state index in [1.165, 1.54) is 5.56 Å². The zero-order valence-electron chi connectivity index (χ0n) is 10.6. The molecular weight excluding hydrogens is 294 g/mol. The molecule has 18 heavy (non-hydrogen) atoms. The summed E-state index contributed by atoms with van der Waals surface area (Å²) in [7, 11) is 0. The van der Waals surface area contributed by atoms with Crippen molar-refractivity contribution < 1.29 is 4.79 Å². The number of aryl methyl sites for hydroxylation is 1. The molecule has 0 spiro atoms. The number of rotatable bonds is 2. The molecule has 1 aromatic carbocycles. The molecule has 5 heteroatoms. The highest BCUT2D eigenvalue weighted by Gasteiger charge is 2.33. The van der Waals surface area contributed by atoms with E-state index < -0.39 is 0 Å². The first-order chi connectivity index (χ1) is 8.54. The first kappa shape index (κ1) is 13.4. The molecule has 2 atom stereocenters. The van der Waals surface area contributed by atoms with Crippen LogP contribution in [0.3, 0.4) is 0 Å². The van der Waals surface area contributed by atoms with Gasteiger partial charge in [-0.1, -0.05) is 6.07 Å². The second kappa shape index (κ2) is 5.28. The van der Waals surface area contributed by atoms with Crippen LogP contribution in [0.5, 0.6) is 0 Å². The van der Waals surface area contributed by atoms with E-state index in [0.717, 1.165) is 10.2 Å². The van der Waals surface area contributed by atoms with E-state index in [9.17, 15) is 4.79 Å². The molecule has 0 aliphatic carbocycles. The van der Waals surface area contributed by atoms with Crippen LogP contribution < -0.4 is 16.0 Å². The smallest absolute Gasteiger partial charge is 0.244 e. The summed E-state index contributed by atoms with van der Waals surface area (Å²) in [5.74, 6) is 0.00285. The Labute approximate surface area is 116 Å². The maximum absolute atomic E-state index is 11.9. The fraction of sp³-hybridized carbons (Fsp3) is 0.462. The molecule has 0 bridgehead atoms. The Morgan fingerprint density at radius 2 is 2.28 bits per heavy atom. The summed E-state index contributed by atoms with van der Waals surface area (Å²) in [5, 5.41) is 2.89. The molecule has 0 saturated carbocycles. The van der Waals surface area contributed by atoms with Gasteiger partial charge in [-0.25, -0.2) is 0 Å². The number of benzene rings is 1. The highest BCUT2D eigenvalue weighted by Crippen LogP contribution is 2.31. The molecule has 4 nitrogen and oxygen atoms in total. The summed E-state index contributed by atoms with van der Waals surface area (Å²) in [5.41, 5.74) is 7.96. The Hall–Kier alpha value is -1.07. The SMILES string of the molecule is Cc1ccc(N2C(C)CNC(=O)C2CN)c(Br)c1. The Balaban J connectivity index is 2.41. The van der Waals surface area contributed by atoms with Crippen molar-refractivity contribution in [2.45, 2.75) is 25.9 Å². The van der Waals surface area contributed by atoms with Crippen LogP contribution in [0.4, 0.5) is 5.69 Å². The van der Waals surface area contributed by atoms with Gasteiger partial charge in [0.15, 0.2) is 0 Å². The first-order valence-electron chi connectivity index (χ1n) is 6.07. The van der Waals surface area contributed by atoms with E-state index in [4.69, 9.17) is 5.73 Å². The lowest BCUT2D eigenvalue weighted by Crippen LogP contribution is -2.62. The third kappa shape index (κ3) is 2.37. The number of anilines is 1. The normalized spacial score (nSPS) is 24.0. The van der Waals surface area contributed by atoms with Gasteiger partial charge in [-0.15, -0.1) is 0 Å². The molecule has 3 N–H and O–H groups in total.